The predicted molar refractivity (Wildman–Crippen MR) is 56.9 cm³/mol. The molecular formula is C10H13N3O5. The predicted octanol–water partition coefficient (Wildman–Crippen LogP) is -0.306. The van der Waals surface area contributed by atoms with E-state index in [4.69, 9.17) is 14.4 Å². The van der Waals surface area contributed by atoms with Crippen LogP contribution in [0.15, 0.2) is 4.52 Å². The Morgan fingerprint density at radius 3 is 2.94 bits per heavy atom. The van der Waals surface area contributed by atoms with Crippen LogP contribution in [0.25, 0.3) is 0 Å². The average molecular weight is 255 g/mol. The largest absolute Gasteiger partial charge is 0.481 e. The van der Waals surface area contributed by atoms with Crippen molar-refractivity contribution in [3.05, 3.63) is 11.7 Å². The molecule has 8 nitrogen and oxygen atoms in total. The van der Waals surface area contributed by atoms with Gasteiger partial charge in [-0.05, 0) is 0 Å². The summed E-state index contributed by atoms with van der Waals surface area (Å²) >= 11 is 0. The molecule has 1 aliphatic rings. The summed E-state index contributed by atoms with van der Waals surface area (Å²) in [5, 5.41) is 12.2. The van der Waals surface area contributed by atoms with E-state index in [-0.39, 0.29) is 24.7 Å². The van der Waals surface area contributed by atoms with Crippen molar-refractivity contribution >= 4 is 11.9 Å². The van der Waals surface area contributed by atoms with Gasteiger partial charge in [0, 0.05) is 20.0 Å². The number of morpholine rings is 1. The van der Waals surface area contributed by atoms with Gasteiger partial charge in [0.25, 0.3) is 11.7 Å². The number of hydrogen-bond acceptors (Lipinski definition) is 6. The van der Waals surface area contributed by atoms with Gasteiger partial charge in [-0.25, -0.2) is 0 Å². The molecule has 1 saturated heterocycles. The number of aliphatic carboxylic acids is 1. The van der Waals surface area contributed by atoms with Gasteiger partial charge < -0.3 is 19.3 Å². The highest BCUT2D eigenvalue weighted by Gasteiger charge is 2.28. The van der Waals surface area contributed by atoms with Gasteiger partial charge >= 0.3 is 5.97 Å². The topological polar surface area (TPSA) is 106 Å². The van der Waals surface area contributed by atoms with Crippen molar-refractivity contribution in [2.45, 2.75) is 19.4 Å². The molecule has 1 fully saturated rings. The van der Waals surface area contributed by atoms with Gasteiger partial charge in [-0.1, -0.05) is 5.16 Å². The third-order valence-corrected chi connectivity index (χ3v) is 2.55. The summed E-state index contributed by atoms with van der Waals surface area (Å²) < 4.78 is 10.0. The number of aryl methyl sites for hydroxylation is 1. The van der Waals surface area contributed by atoms with E-state index in [1.807, 2.05) is 0 Å². The number of aromatic nitrogens is 2. The lowest BCUT2D eigenvalue weighted by atomic mass is 10.2. The standard InChI is InChI=1S/C10H13N3O5/c1-6-11-9(12-18-6)10(16)13-2-3-17-7(5-13)4-8(14)15/h7H,2-5H2,1H3,(H,14,15). The molecule has 0 aromatic carbocycles. The van der Waals surface area contributed by atoms with E-state index in [0.717, 1.165) is 0 Å². The van der Waals surface area contributed by atoms with Crippen LogP contribution in [-0.2, 0) is 9.53 Å². The van der Waals surface area contributed by atoms with Crippen molar-refractivity contribution in [2.75, 3.05) is 19.7 Å². The minimum absolute atomic E-state index is 0.0107. The maximum atomic E-state index is 12.0. The summed E-state index contributed by atoms with van der Waals surface area (Å²) in [6, 6.07) is 0. The Hall–Kier alpha value is -1.96. The molecular weight excluding hydrogens is 242 g/mol. The normalized spacial score (nSPS) is 19.8. The minimum atomic E-state index is -0.954. The summed E-state index contributed by atoms with van der Waals surface area (Å²) in [5.41, 5.74) is 0. The molecule has 98 valence electrons. The highest BCUT2D eigenvalue weighted by molar-refractivity contribution is 5.90. The SMILES string of the molecule is Cc1nc(C(=O)N2CCOC(CC(=O)O)C2)no1. The molecule has 2 heterocycles. The van der Waals surface area contributed by atoms with Crippen molar-refractivity contribution in [1.82, 2.24) is 15.0 Å². The van der Waals surface area contributed by atoms with Crippen LogP contribution < -0.4 is 0 Å². The van der Waals surface area contributed by atoms with Crippen molar-refractivity contribution in [2.24, 2.45) is 0 Å². The highest BCUT2D eigenvalue weighted by Crippen LogP contribution is 2.11. The van der Waals surface area contributed by atoms with E-state index in [2.05, 4.69) is 10.1 Å². The van der Waals surface area contributed by atoms with Gasteiger partial charge in [-0.2, -0.15) is 4.98 Å². The van der Waals surface area contributed by atoms with E-state index in [1.54, 1.807) is 6.92 Å². The number of carbonyl (C=O) groups is 2. The maximum absolute atomic E-state index is 12.0. The lowest BCUT2D eigenvalue weighted by molar-refractivity contribution is -0.141. The summed E-state index contributed by atoms with van der Waals surface area (Å²) in [6.07, 6.45) is -0.622. The van der Waals surface area contributed by atoms with E-state index < -0.39 is 12.1 Å². The molecule has 0 radical (unpaired) electrons. The van der Waals surface area contributed by atoms with E-state index in [0.29, 0.717) is 19.0 Å². The Bertz CT molecular complexity index is 458. The molecule has 1 aromatic heterocycles. The van der Waals surface area contributed by atoms with Gasteiger partial charge in [0.1, 0.15) is 0 Å². The summed E-state index contributed by atoms with van der Waals surface area (Å²) in [5.74, 6) is -1.02. The summed E-state index contributed by atoms with van der Waals surface area (Å²) in [4.78, 5) is 27.9. The van der Waals surface area contributed by atoms with Crippen LogP contribution in [0.3, 0.4) is 0 Å². The number of carbonyl (C=O) groups excluding carboxylic acids is 1. The van der Waals surface area contributed by atoms with Crippen molar-refractivity contribution < 1.29 is 24.0 Å². The number of nitrogens with zero attached hydrogens (tertiary/aromatic N) is 3. The number of carboxylic acids is 1. The van der Waals surface area contributed by atoms with Crippen LogP contribution in [-0.4, -0.2) is 57.8 Å². The lowest BCUT2D eigenvalue weighted by Gasteiger charge is -2.31. The first-order valence-electron chi connectivity index (χ1n) is 5.49. The third-order valence-electron chi connectivity index (χ3n) is 2.55. The molecule has 1 atom stereocenters. The van der Waals surface area contributed by atoms with Crippen LogP contribution in [0.5, 0.6) is 0 Å². The zero-order chi connectivity index (χ0) is 13.1. The second kappa shape index (κ2) is 5.13. The molecule has 1 amide bonds. The Morgan fingerprint density at radius 1 is 1.56 bits per heavy atom. The first-order chi connectivity index (χ1) is 8.56. The molecule has 0 spiro atoms. The minimum Gasteiger partial charge on any atom is -0.481 e. The Kier molecular flexibility index (Phi) is 3.56. The maximum Gasteiger partial charge on any atom is 0.306 e. The second-order valence-electron chi connectivity index (χ2n) is 3.98. The number of rotatable bonds is 3. The number of hydrogen-bond donors (Lipinski definition) is 1. The second-order valence-corrected chi connectivity index (χ2v) is 3.98. The van der Waals surface area contributed by atoms with Gasteiger partial charge in [-0.3, -0.25) is 9.59 Å². The highest BCUT2D eigenvalue weighted by atomic mass is 16.5. The zero-order valence-corrected chi connectivity index (χ0v) is 9.83. The van der Waals surface area contributed by atoms with Gasteiger partial charge in [-0.15, -0.1) is 0 Å². The third kappa shape index (κ3) is 2.83. The van der Waals surface area contributed by atoms with Crippen molar-refractivity contribution in [3.63, 3.8) is 0 Å². The lowest BCUT2D eigenvalue weighted by Crippen LogP contribution is -2.46. The Morgan fingerprint density at radius 2 is 2.33 bits per heavy atom. The number of carboxylic acid groups (broad SMARTS) is 1. The molecule has 1 aliphatic heterocycles. The van der Waals surface area contributed by atoms with Gasteiger partial charge in [0.2, 0.25) is 5.89 Å². The zero-order valence-electron chi connectivity index (χ0n) is 9.83. The van der Waals surface area contributed by atoms with Crippen LogP contribution in [0.1, 0.15) is 22.9 Å². The van der Waals surface area contributed by atoms with Crippen molar-refractivity contribution in [3.8, 4) is 0 Å². The molecule has 1 unspecified atom stereocenters. The quantitative estimate of drug-likeness (QED) is 0.789. The monoisotopic (exact) mass is 255 g/mol. The average Bonchev–Trinajstić information content (AvgIpc) is 2.74. The Labute approximate surface area is 103 Å². The van der Waals surface area contributed by atoms with Crippen molar-refractivity contribution in [1.29, 1.82) is 0 Å². The molecule has 8 heteroatoms. The number of amides is 1. The van der Waals surface area contributed by atoms with E-state index in [1.165, 1.54) is 4.90 Å². The van der Waals surface area contributed by atoms with Crippen LogP contribution in [0.4, 0.5) is 0 Å². The van der Waals surface area contributed by atoms with Gasteiger partial charge in [0.15, 0.2) is 0 Å². The first-order valence-corrected chi connectivity index (χ1v) is 5.49. The smallest absolute Gasteiger partial charge is 0.306 e. The number of ether oxygens (including phenoxy) is 1. The van der Waals surface area contributed by atoms with E-state index in [9.17, 15) is 9.59 Å². The van der Waals surface area contributed by atoms with Crippen LogP contribution in [0, 0.1) is 6.92 Å². The fraction of sp³-hybridized carbons (Fsp3) is 0.600. The first kappa shape index (κ1) is 12.5. The summed E-state index contributed by atoms with van der Waals surface area (Å²) in [6.45, 7) is 2.51. The fourth-order valence-electron chi connectivity index (χ4n) is 1.75. The van der Waals surface area contributed by atoms with Crippen LogP contribution >= 0.6 is 0 Å². The molecule has 2 rings (SSSR count). The summed E-state index contributed by atoms with van der Waals surface area (Å²) in [7, 11) is 0. The van der Waals surface area contributed by atoms with Gasteiger partial charge in [0.05, 0.1) is 19.1 Å². The Balaban J connectivity index is 2.00. The molecule has 0 aliphatic carbocycles. The van der Waals surface area contributed by atoms with E-state index >= 15 is 0 Å². The molecule has 0 bridgehead atoms. The fourth-order valence-corrected chi connectivity index (χ4v) is 1.75. The molecule has 18 heavy (non-hydrogen) atoms. The molecule has 0 saturated carbocycles. The van der Waals surface area contributed by atoms with Crippen LogP contribution in [0.2, 0.25) is 0 Å². The molecule has 1 aromatic rings. The molecule has 1 N–H and O–H groups in total.